The van der Waals surface area contributed by atoms with Gasteiger partial charge in [-0.3, -0.25) is 0 Å². The molecule has 1 atom stereocenters. The molecule has 1 aromatic carbocycles. The van der Waals surface area contributed by atoms with E-state index in [1.54, 1.807) is 16.4 Å². The molecule has 1 heterocycles. The van der Waals surface area contributed by atoms with Crippen LogP contribution in [0.15, 0.2) is 23.1 Å². The van der Waals surface area contributed by atoms with Crippen molar-refractivity contribution in [2.75, 3.05) is 32.7 Å². The summed E-state index contributed by atoms with van der Waals surface area (Å²) in [5.41, 5.74) is 2.10. The molecule has 0 aromatic heterocycles. The minimum Gasteiger partial charge on any atom is -0.362 e. The van der Waals surface area contributed by atoms with E-state index in [0.29, 0.717) is 37.0 Å². The fourth-order valence-electron chi connectivity index (χ4n) is 3.44. The lowest BCUT2D eigenvalue weighted by Crippen LogP contribution is -2.53. The van der Waals surface area contributed by atoms with Crippen LogP contribution in [0.1, 0.15) is 50.7 Å². The molecule has 1 aliphatic rings. The molecule has 1 N–H and O–H groups in total. The summed E-state index contributed by atoms with van der Waals surface area (Å²) in [5, 5.41) is 4.15. The van der Waals surface area contributed by atoms with E-state index in [1.807, 2.05) is 19.9 Å². The summed E-state index contributed by atoms with van der Waals surface area (Å²) in [4.78, 5) is 2.47. The van der Waals surface area contributed by atoms with Crippen LogP contribution in [0.4, 0.5) is 0 Å². The molecule has 0 bridgehead atoms. The first-order chi connectivity index (χ1) is 13.3. The highest BCUT2D eigenvalue weighted by Crippen LogP contribution is 2.20. The Kier molecular flexibility index (Phi) is 8.71. The van der Waals surface area contributed by atoms with Gasteiger partial charge in [0.15, 0.2) is 5.11 Å². The molecule has 0 radical (unpaired) electrons. The molecule has 0 unspecified atom stereocenters. The van der Waals surface area contributed by atoms with Crippen molar-refractivity contribution >= 4 is 27.4 Å². The number of hydrogen-bond acceptors (Lipinski definition) is 3. The maximum Gasteiger partial charge on any atom is 0.243 e. The standard InChI is InChI=1S/C21H35N3O2S2/c1-5-7-8-19(6-2)16-22-21(27)23-11-13-24(14-12-23)28(25,26)20-10-9-17(3)18(4)15-20/h9-10,15,19H,5-8,11-14,16H2,1-4H3,(H,22,27)/t19-/m0/s1. The number of benzene rings is 1. The van der Waals surface area contributed by atoms with Crippen molar-refractivity contribution in [1.82, 2.24) is 14.5 Å². The highest BCUT2D eigenvalue weighted by atomic mass is 32.2. The number of sulfonamides is 1. The van der Waals surface area contributed by atoms with Crippen molar-refractivity contribution in [2.45, 2.75) is 58.3 Å². The van der Waals surface area contributed by atoms with Crippen LogP contribution in [0.5, 0.6) is 0 Å². The maximum absolute atomic E-state index is 12.9. The van der Waals surface area contributed by atoms with E-state index in [4.69, 9.17) is 12.2 Å². The zero-order valence-corrected chi connectivity index (χ0v) is 19.3. The van der Waals surface area contributed by atoms with Crippen LogP contribution in [0, 0.1) is 19.8 Å². The lowest BCUT2D eigenvalue weighted by Gasteiger charge is -2.36. The van der Waals surface area contributed by atoms with Crippen LogP contribution in [-0.4, -0.2) is 55.5 Å². The van der Waals surface area contributed by atoms with E-state index in [0.717, 1.165) is 29.2 Å². The largest absolute Gasteiger partial charge is 0.362 e. The van der Waals surface area contributed by atoms with Gasteiger partial charge >= 0.3 is 0 Å². The van der Waals surface area contributed by atoms with Gasteiger partial charge in [-0.1, -0.05) is 39.2 Å². The van der Waals surface area contributed by atoms with Gasteiger partial charge in [-0.2, -0.15) is 4.31 Å². The monoisotopic (exact) mass is 425 g/mol. The van der Waals surface area contributed by atoms with E-state index in [2.05, 4.69) is 24.1 Å². The summed E-state index contributed by atoms with van der Waals surface area (Å²) in [6.07, 6.45) is 4.85. The first kappa shape index (κ1) is 23.1. The summed E-state index contributed by atoms with van der Waals surface area (Å²) in [6.45, 7) is 11.5. The number of piperazine rings is 1. The minimum absolute atomic E-state index is 0.381. The molecule has 1 aliphatic heterocycles. The van der Waals surface area contributed by atoms with Crippen molar-refractivity contribution in [3.05, 3.63) is 29.3 Å². The molecule has 0 aliphatic carbocycles. The first-order valence-electron chi connectivity index (χ1n) is 10.4. The van der Waals surface area contributed by atoms with Gasteiger partial charge in [0, 0.05) is 32.7 Å². The van der Waals surface area contributed by atoms with Gasteiger partial charge in [-0.25, -0.2) is 8.42 Å². The van der Waals surface area contributed by atoms with Crippen LogP contribution < -0.4 is 5.32 Å². The molecule has 7 heteroatoms. The molecular formula is C21H35N3O2S2. The lowest BCUT2D eigenvalue weighted by molar-refractivity contribution is 0.262. The Hall–Kier alpha value is -1.18. The predicted octanol–water partition coefficient (Wildman–Crippen LogP) is 3.70. The van der Waals surface area contributed by atoms with Gasteiger partial charge in [0.05, 0.1) is 4.90 Å². The summed E-state index contributed by atoms with van der Waals surface area (Å²) in [5.74, 6) is 0.643. The van der Waals surface area contributed by atoms with Gasteiger partial charge in [0.25, 0.3) is 0 Å². The van der Waals surface area contributed by atoms with Crippen LogP contribution >= 0.6 is 12.2 Å². The number of hydrogen-bond donors (Lipinski definition) is 1. The van der Waals surface area contributed by atoms with Gasteiger partial charge in [0.1, 0.15) is 0 Å². The average molecular weight is 426 g/mol. The van der Waals surface area contributed by atoms with Crippen molar-refractivity contribution in [3.8, 4) is 0 Å². The molecule has 0 saturated carbocycles. The average Bonchev–Trinajstić information content (AvgIpc) is 2.70. The van der Waals surface area contributed by atoms with Gasteiger partial charge in [-0.15, -0.1) is 0 Å². The summed E-state index contributed by atoms with van der Waals surface area (Å²) < 4.78 is 27.5. The van der Waals surface area contributed by atoms with Crippen molar-refractivity contribution in [2.24, 2.45) is 5.92 Å². The molecule has 1 aromatic rings. The Morgan fingerprint density at radius 1 is 1.14 bits per heavy atom. The Morgan fingerprint density at radius 3 is 2.39 bits per heavy atom. The molecule has 0 spiro atoms. The Labute approximate surface area is 176 Å². The van der Waals surface area contributed by atoms with Gasteiger partial charge in [-0.05, 0) is 61.7 Å². The fourth-order valence-corrected chi connectivity index (χ4v) is 5.22. The second kappa shape index (κ2) is 10.6. The van der Waals surface area contributed by atoms with Crippen molar-refractivity contribution < 1.29 is 8.42 Å². The molecule has 28 heavy (non-hydrogen) atoms. The minimum atomic E-state index is -3.45. The number of rotatable bonds is 8. The van der Waals surface area contributed by atoms with Crippen LogP contribution in [0.25, 0.3) is 0 Å². The number of nitrogens with zero attached hydrogens (tertiary/aromatic N) is 2. The zero-order valence-electron chi connectivity index (χ0n) is 17.7. The molecule has 1 saturated heterocycles. The number of aryl methyl sites for hydroxylation is 2. The van der Waals surface area contributed by atoms with Gasteiger partial charge < -0.3 is 10.2 Å². The van der Waals surface area contributed by atoms with E-state index < -0.39 is 10.0 Å². The van der Waals surface area contributed by atoms with Crippen LogP contribution in [-0.2, 0) is 10.0 Å². The third kappa shape index (κ3) is 5.91. The summed E-state index contributed by atoms with van der Waals surface area (Å²) >= 11 is 5.56. The van der Waals surface area contributed by atoms with E-state index in [-0.39, 0.29) is 0 Å². The molecule has 2 rings (SSSR count). The van der Waals surface area contributed by atoms with E-state index >= 15 is 0 Å². The Bertz CT molecular complexity index is 757. The smallest absolute Gasteiger partial charge is 0.243 e. The van der Waals surface area contributed by atoms with Gasteiger partial charge in [0.2, 0.25) is 10.0 Å². The zero-order chi connectivity index (χ0) is 20.7. The number of thiocarbonyl (C=S) groups is 1. The first-order valence-corrected chi connectivity index (χ1v) is 12.2. The molecule has 5 nitrogen and oxygen atoms in total. The Balaban J connectivity index is 1.89. The topological polar surface area (TPSA) is 52.6 Å². The normalized spacial score (nSPS) is 16.8. The van der Waals surface area contributed by atoms with E-state index in [1.165, 1.54) is 19.3 Å². The third-order valence-electron chi connectivity index (χ3n) is 5.73. The number of unbranched alkanes of at least 4 members (excludes halogenated alkanes) is 1. The lowest BCUT2D eigenvalue weighted by atomic mass is 9.99. The second-order valence-corrected chi connectivity index (χ2v) is 10.1. The SMILES string of the molecule is CCCC[C@H](CC)CNC(=S)N1CCN(S(=O)(=O)c2ccc(C)c(C)c2)CC1. The third-order valence-corrected chi connectivity index (χ3v) is 8.02. The molecule has 158 valence electrons. The molecule has 0 amide bonds. The quantitative estimate of drug-likeness (QED) is 0.644. The maximum atomic E-state index is 12.9. The summed E-state index contributed by atoms with van der Waals surface area (Å²) in [7, 11) is -3.45. The van der Waals surface area contributed by atoms with Crippen LogP contribution in [0.3, 0.4) is 0 Å². The van der Waals surface area contributed by atoms with Crippen molar-refractivity contribution in [3.63, 3.8) is 0 Å². The Morgan fingerprint density at radius 2 is 1.82 bits per heavy atom. The highest BCUT2D eigenvalue weighted by molar-refractivity contribution is 7.89. The van der Waals surface area contributed by atoms with E-state index in [9.17, 15) is 8.42 Å². The summed E-state index contributed by atoms with van der Waals surface area (Å²) in [6, 6.07) is 5.35. The second-order valence-electron chi connectivity index (χ2n) is 7.74. The highest BCUT2D eigenvalue weighted by Gasteiger charge is 2.29. The molecular weight excluding hydrogens is 390 g/mol. The predicted molar refractivity (Wildman–Crippen MR) is 120 cm³/mol. The van der Waals surface area contributed by atoms with Crippen LogP contribution in [0.2, 0.25) is 0 Å². The molecule has 1 fully saturated rings. The number of nitrogens with one attached hydrogen (secondary N) is 1. The van der Waals surface area contributed by atoms with Crippen molar-refractivity contribution in [1.29, 1.82) is 0 Å². The fraction of sp³-hybridized carbons (Fsp3) is 0.667.